The zero-order chi connectivity index (χ0) is 26.4. The number of aromatic nitrogens is 2. The third-order valence-corrected chi connectivity index (χ3v) is 7.01. The van der Waals surface area contributed by atoms with Crippen LogP contribution in [0.15, 0.2) is 65.2 Å². The van der Waals surface area contributed by atoms with Crippen LogP contribution < -0.4 is 5.32 Å². The van der Waals surface area contributed by atoms with Crippen molar-refractivity contribution in [2.75, 3.05) is 12.7 Å². The van der Waals surface area contributed by atoms with E-state index in [-0.39, 0.29) is 5.89 Å². The molecular formula is C28H30F2N3O3P. The lowest BCUT2D eigenvalue weighted by Gasteiger charge is -2.15. The number of hydrogen-bond acceptors (Lipinski definition) is 6. The molecule has 0 aliphatic carbocycles. The van der Waals surface area contributed by atoms with Crippen LogP contribution in [0.3, 0.4) is 0 Å². The number of hydrogen-bond donors (Lipinski definition) is 3. The van der Waals surface area contributed by atoms with Crippen molar-refractivity contribution in [2.24, 2.45) is 0 Å². The summed E-state index contributed by atoms with van der Waals surface area (Å²) in [4.78, 5) is 22.5. The first-order valence-corrected chi connectivity index (χ1v) is 13.5. The van der Waals surface area contributed by atoms with Crippen LogP contribution in [-0.4, -0.2) is 32.6 Å². The quantitative estimate of drug-likeness (QED) is 0.170. The molecule has 194 valence electrons. The first-order chi connectivity index (χ1) is 17.8. The lowest BCUT2D eigenvalue weighted by molar-refractivity contribution is 0.364. The van der Waals surface area contributed by atoms with E-state index in [0.29, 0.717) is 43.5 Å². The molecule has 1 aromatic heterocycles. The summed E-state index contributed by atoms with van der Waals surface area (Å²) in [7, 11) is -1.84. The number of aryl methyl sites for hydroxylation is 2. The van der Waals surface area contributed by atoms with Crippen molar-refractivity contribution < 1.29 is 23.1 Å². The Balaban J connectivity index is 1.53. The van der Waals surface area contributed by atoms with Crippen LogP contribution in [0.25, 0.3) is 11.4 Å². The standard InChI is InChI=1S/C28H30F2N3O3P/c1-18-4-5-21(12-19(18)2)13-26(23-14-24(29)16-25(30)15-23)28-32-27(33-36-28)22-8-6-20(7-9-22)17-31-10-3-11-37(34)35/h4-9,12,14-16,26,31,34-35H,3,10-11,13,17H2,1-2H3. The Labute approximate surface area is 216 Å². The van der Waals surface area contributed by atoms with Crippen molar-refractivity contribution >= 4 is 8.38 Å². The first kappa shape index (κ1) is 27.0. The number of nitrogens with zero attached hydrogens (tertiary/aromatic N) is 2. The third kappa shape index (κ3) is 7.49. The van der Waals surface area contributed by atoms with Crippen LogP contribution in [0.4, 0.5) is 8.78 Å². The van der Waals surface area contributed by atoms with E-state index in [1.165, 1.54) is 17.7 Å². The number of rotatable bonds is 11. The fourth-order valence-corrected chi connectivity index (χ4v) is 4.58. The van der Waals surface area contributed by atoms with Crippen molar-refractivity contribution in [1.82, 2.24) is 15.5 Å². The van der Waals surface area contributed by atoms with Crippen LogP contribution in [-0.2, 0) is 13.0 Å². The average Bonchev–Trinajstić information content (AvgIpc) is 3.34. The van der Waals surface area contributed by atoms with Crippen LogP contribution >= 0.6 is 8.38 Å². The van der Waals surface area contributed by atoms with Gasteiger partial charge in [0.2, 0.25) is 11.7 Å². The van der Waals surface area contributed by atoms with Crippen LogP contribution in [0.5, 0.6) is 0 Å². The van der Waals surface area contributed by atoms with E-state index >= 15 is 0 Å². The van der Waals surface area contributed by atoms with Gasteiger partial charge in [-0.15, -0.1) is 0 Å². The molecule has 0 aliphatic heterocycles. The third-order valence-electron chi connectivity index (χ3n) is 6.29. The molecule has 1 heterocycles. The average molecular weight is 526 g/mol. The molecule has 0 saturated heterocycles. The first-order valence-electron chi connectivity index (χ1n) is 12.1. The van der Waals surface area contributed by atoms with Crippen molar-refractivity contribution in [3.05, 3.63) is 106 Å². The fourth-order valence-electron chi connectivity index (χ4n) is 4.13. The van der Waals surface area contributed by atoms with Gasteiger partial charge in [0.1, 0.15) is 11.6 Å². The van der Waals surface area contributed by atoms with Crippen LogP contribution in [0, 0.1) is 25.5 Å². The predicted molar refractivity (Wildman–Crippen MR) is 140 cm³/mol. The lowest BCUT2D eigenvalue weighted by atomic mass is 9.90. The molecule has 4 aromatic rings. The minimum Gasteiger partial charge on any atom is -0.350 e. The van der Waals surface area contributed by atoms with E-state index in [1.54, 1.807) is 0 Å². The second-order valence-corrected chi connectivity index (χ2v) is 10.3. The normalized spacial score (nSPS) is 12.3. The Bertz CT molecular complexity index is 1310. The fraction of sp³-hybridized carbons (Fsp3) is 0.286. The zero-order valence-corrected chi connectivity index (χ0v) is 21.7. The molecular weight excluding hydrogens is 495 g/mol. The Kier molecular flexibility index (Phi) is 9.11. The van der Waals surface area contributed by atoms with Crippen molar-refractivity contribution in [2.45, 2.75) is 39.2 Å². The van der Waals surface area contributed by atoms with E-state index in [1.807, 2.05) is 50.2 Å². The maximum absolute atomic E-state index is 14.1. The minimum absolute atomic E-state index is 0.289. The summed E-state index contributed by atoms with van der Waals surface area (Å²) in [6.07, 6.45) is 1.54. The molecule has 0 aliphatic rings. The molecule has 4 rings (SSSR count). The molecule has 0 amide bonds. The van der Waals surface area contributed by atoms with Gasteiger partial charge in [0, 0.05) is 24.3 Å². The van der Waals surface area contributed by atoms with Gasteiger partial charge in [-0.2, -0.15) is 4.98 Å². The summed E-state index contributed by atoms with van der Waals surface area (Å²) in [5.74, 6) is -1.14. The second-order valence-electron chi connectivity index (χ2n) is 9.16. The number of halogens is 2. The Morgan fingerprint density at radius 1 is 0.919 bits per heavy atom. The van der Waals surface area contributed by atoms with Gasteiger partial charge in [0.05, 0.1) is 5.92 Å². The summed E-state index contributed by atoms with van der Waals surface area (Å²) < 4.78 is 33.8. The number of benzene rings is 3. The van der Waals surface area contributed by atoms with Gasteiger partial charge in [-0.3, -0.25) is 0 Å². The summed E-state index contributed by atoms with van der Waals surface area (Å²) in [6, 6.07) is 17.3. The van der Waals surface area contributed by atoms with Gasteiger partial charge < -0.3 is 19.6 Å². The summed E-state index contributed by atoms with van der Waals surface area (Å²) in [5.41, 5.74) is 5.56. The highest BCUT2D eigenvalue weighted by Crippen LogP contribution is 2.31. The van der Waals surface area contributed by atoms with Gasteiger partial charge in [0.25, 0.3) is 0 Å². The molecule has 1 atom stereocenters. The van der Waals surface area contributed by atoms with E-state index in [4.69, 9.17) is 14.3 Å². The smallest absolute Gasteiger partial charge is 0.234 e. The highest BCUT2D eigenvalue weighted by molar-refractivity contribution is 7.45. The SMILES string of the molecule is Cc1ccc(CC(c2cc(F)cc(F)c2)c2nc(-c3ccc(CNCCCP(O)O)cc3)no2)cc1C. The van der Waals surface area contributed by atoms with E-state index < -0.39 is 25.9 Å². The van der Waals surface area contributed by atoms with Crippen molar-refractivity contribution in [1.29, 1.82) is 0 Å². The minimum atomic E-state index is -1.84. The van der Waals surface area contributed by atoms with E-state index in [9.17, 15) is 8.78 Å². The zero-order valence-electron chi connectivity index (χ0n) is 20.8. The molecule has 6 nitrogen and oxygen atoms in total. The Morgan fingerprint density at radius 3 is 2.30 bits per heavy atom. The molecule has 37 heavy (non-hydrogen) atoms. The van der Waals surface area contributed by atoms with Crippen molar-refractivity contribution in [3.63, 3.8) is 0 Å². The topological polar surface area (TPSA) is 91.4 Å². The molecule has 3 aromatic carbocycles. The monoisotopic (exact) mass is 525 g/mol. The van der Waals surface area contributed by atoms with Gasteiger partial charge >= 0.3 is 0 Å². The lowest BCUT2D eigenvalue weighted by Crippen LogP contribution is -2.15. The second kappa shape index (κ2) is 12.5. The highest BCUT2D eigenvalue weighted by Gasteiger charge is 2.24. The molecule has 0 fully saturated rings. The molecule has 0 bridgehead atoms. The van der Waals surface area contributed by atoms with Gasteiger partial charge in [-0.1, -0.05) is 47.6 Å². The van der Waals surface area contributed by atoms with Gasteiger partial charge in [-0.05, 0) is 73.2 Å². The van der Waals surface area contributed by atoms with Crippen LogP contribution in [0.1, 0.15) is 46.0 Å². The molecule has 1 unspecified atom stereocenters. The molecule has 9 heteroatoms. The molecule has 0 spiro atoms. The maximum Gasteiger partial charge on any atom is 0.234 e. The van der Waals surface area contributed by atoms with Gasteiger partial charge in [-0.25, -0.2) is 8.78 Å². The summed E-state index contributed by atoms with van der Waals surface area (Å²) in [5, 5.41) is 7.42. The predicted octanol–water partition coefficient (Wildman–Crippen LogP) is 5.78. The number of nitrogens with one attached hydrogen (secondary N) is 1. The Hall–Kier alpha value is -3.03. The van der Waals surface area contributed by atoms with E-state index in [0.717, 1.165) is 28.3 Å². The van der Waals surface area contributed by atoms with Crippen molar-refractivity contribution in [3.8, 4) is 11.4 Å². The molecule has 0 radical (unpaired) electrons. The highest BCUT2D eigenvalue weighted by atomic mass is 31.2. The summed E-state index contributed by atoms with van der Waals surface area (Å²) >= 11 is 0. The Morgan fingerprint density at radius 2 is 1.62 bits per heavy atom. The van der Waals surface area contributed by atoms with Crippen LogP contribution in [0.2, 0.25) is 0 Å². The summed E-state index contributed by atoms with van der Waals surface area (Å²) in [6.45, 7) is 5.40. The van der Waals surface area contributed by atoms with E-state index in [2.05, 4.69) is 21.5 Å². The largest absolute Gasteiger partial charge is 0.350 e. The van der Waals surface area contributed by atoms with Gasteiger partial charge in [0.15, 0.2) is 8.38 Å². The maximum atomic E-state index is 14.1. The molecule has 0 saturated carbocycles. The molecule has 3 N–H and O–H groups in total.